The number of hydrogen-bond acceptors (Lipinski definition) is 4. The van der Waals surface area contributed by atoms with Gasteiger partial charge in [-0.2, -0.15) is 5.10 Å². The van der Waals surface area contributed by atoms with Crippen LogP contribution in [0.5, 0.6) is 0 Å². The van der Waals surface area contributed by atoms with Gasteiger partial charge in [0.2, 0.25) is 0 Å². The van der Waals surface area contributed by atoms with E-state index in [1.807, 2.05) is 6.92 Å². The number of aryl methyl sites for hydroxylation is 1. The lowest BCUT2D eigenvalue weighted by molar-refractivity contribution is 0.0163. The van der Waals surface area contributed by atoms with Gasteiger partial charge in [-0.05, 0) is 13.0 Å². The summed E-state index contributed by atoms with van der Waals surface area (Å²) in [5.74, 6) is -0.422. The zero-order valence-electron chi connectivity index (χ0n) is 8.56. The molecule has 78 valence electrons. The number of methoxy groups -OCH3 is 1. The van der Waals surface area contributed by atoms with Gasteiger partial charge in [0, 0.05) is 20.4 Å². The molecule has 5 heteroatoms. The van der Waals surface area contributed by atoms with E-state index in [1.54, 1.807) is 31.1 Å². The first-order valence-electron chi connectivity index (χ1n) is 4.33. The van der Waals surface area contributed by atoms with E-state index in [4.69, 9.17) is 9.47 Å². The summed E-state index contributed by atoms with van der Waals surface area (Å²) in [6, 6.07) is 1.61. The number of ether oxygens (including phenoxy) is 2. The Kier molecular flexibility index (Phi) is 3.64. The summed E-state index contributed by atoms with van der Waals surface area (Å²) in [6.07, 6.45) is 1.60. The third kappa shape index (κ3) is 2.85. The van der Waals surface area contributed by atoms with Gasteiger partial charge in [0.25, 0.3) is 0 Å². The fraction of sp³-hybridized carbons (Fsp3) is 0.556. The zero-order chi connectivity index (χ0) is 10.6. The summed E-state index contributed by atoms with van der Waals surface area (Å²) in [6.45, 7) is 2.07. The lowest BCUT2D eigenvalue weighted by atomic mass is 10.4. The first-order chi connectivity index (χ1) is 6.63. The van der Waals surface area contributed by atoms with Crippen molar-refractivity contribution in [2.24, 2.45) is 7.05 Å². The summed E-state index contributed by atoms with van der Waals surface area (Å²) in [4.78, 5) is 11.3. The molecule has 0 spiro atoms. The SMILES string of the molecule is CO[C@H](C)COC(=O)c1ccn(C)n1. The fourth-order valence-corrected chi connectivity index (χ4v) is 0.859. The quantitative estimate of drug-likeness (QED) is 0.665. The van der Waals surface area contributed by atoms with Crippen molar-refractivity contribution in [3.8, 4) is 0 Å². The third-order valence-corrected chi connectivity index (χ3v) is 1.77. The van der Waals surface area contributed by atoms with Crippen LogP contribution in [0.4, 0.5) is 0 Å². The van der Waals surface area contributed by atoms with Crippen molar-refractivity contribution in [1.29, 1.82) is 0 Å². The van der Waals surface area contributed by atoms with E-state index >= 15 is 0 Å². The summed E-state index contributed by atoms with van der Waals surface area (Å²) in [5, 5.41) is 3.92. The van der Waals surface area contributed by atoms with Crippen molar-refractivity contribution in [3.63, 3.8) is 0 Å². The Morgan fingerprint density at radius 3 is 2.93 bits per heavy atom. The van der Waals surface area contributed by atoms with Crippen LogP contribution in [-0.4, -0.2) is 35.6 Å². The Morgan fingerprint density at radius 2 is 2.43 bits per heavy atom. The highest BCUT2D eigenvalue weighted by molar-refractivity contribution is 5.87. The maximum atomic E-state index is 11.3. The lowest BCUT2D eigenvalue weighted by Crippen LogP contribution is -2.18. The molecule has 0 bridgehead atoms. The van der Waals surface area contributed by atoms with Gasteiger partial charge in [0.15, 0.2) is 5.69 Å². The van der Waals surface area contributed by atoms with E-state index in [-0.39, 0.29) is 12.7 Å². The van der Waals surface area contributed by atoms with Crippen LogP contribution >= 0.6 is 0 Å². The molecule has 0 aromatic carbocycles. The minimum Gasteiger partial charge on any atom is -0.458 e. The summed E-state index contributed by atoms with van der Waals surface area (Å²) in [5.41, 5.74) is 0.316. The van der Waals surface area contributed by atoms with Crippen molar-refractivity contribution in [1.82, 2.24) is 9.78 Å². The molecule has 0 fully saturated rings. The van der Waals surface area contributed by atoms with E-state index in [0.29, 0.717) is 5.69 Å². The molecule has 0 aliphatic carbocycles. The molecule has 1 rings (SSSR count). The molecule has 0 radical (unpaired) electrons. The van der Waals surface area contributed by atoms with Gasteiger partial charge < -0.3 is 9.47 Å². The monoisotopic (exact) mass is 198 g/mol. The predicted molar refractivity (Wildman–Crippen MR) is 50.0 cm³/mol. The maximum absolute atomic E-state index is 11.3. The van der Waals surface area contributed by atoms with E-state index in [2.05, 4.69) is 5.10 Å². The fourth-order valence-electron chi connectivity index (χ4n) is 0.859. The summed E-state index contributed by atoms with van der Waals surface area (Å²) in [7, 11) is 3.31. The van der Waals surface area contributed by atoms with E-state index in [0.717, 1.165) is 0 Å². The van der Waals surface area contributed by atoms with Crippen molar-refractivity contribution >= 4 is 5.97 Å². The highest BCUT2D eigenvalue weighted by Gasteiger charge is 2.11. The van der Waals surface area contributed by atoms with Gasteiger partial charge in [-0.3, -0.25) is 4.68 Å². The van der Waals surface area contributed by atoms with Crippen molar-refractivity contribution in [2.75, 3.05) is 13.7 Å². The molecule has 0 aliphatic rings. The van der Waals surface area contributed by atoms with Gasteiger partial charge >= 0.3 is 5.97 Å². The minimum atomic E-state index is -0.422. The number of esters is 1. The average Bonchev–Trinajstić information content (AvgIpc) is 2.60. The largest absolute Gasteiger partial charge is 0.458 e. The zero-order valence-corrected chi connectivity index (χ0v) is 8.56. The molecule has 5 nitrogen and oxygen atoms in total. The third-order valence-electron chi connectivity index (χ3n) is 1.77. The average molecular weight is 198 g/mol. The normalized spacial score (nSPS) is 12.5. The Labute approximate surface area is 82.6 Å². The second-order valence-corrected chi connectivity index (χ2v) is 3.02. The molecule has 14 heavy (non-hydrogen) atoms. The standard InChI is InChI=1S/C9H14N2O3/c1-7(13-3)6-14-9(12)8-4-5-11(2)10-8/h4-5,7H,6H2,1-3H3/t7-/m1/s1. The molecule has 1 heterocycles. The number of nitrogens with zero attached hydrogens (tertiary/aromatic N) is 2. The van der Waals surface area contributed by atoms with E-state index in [1.165, 1.54) is 0 Å². The Morgan fingerprint density at radius 1 is 1.71 bits per heavy atom. The second-order valence-electron chi connectivity index (χ2n) is 3.02. The first kappa shape index (κ1) is 10.7. The van der Waals surface area contributed by atoms with Crippen LogP contribution in [-0.2, 0) is 16.5 Å². The van der Waals surface area contributed by atoms with Crippen LogP contribution < -0.4 is 0 Å². The molecular weight excluding hydrogens is 184 g/mol. The maximum Gasteiger partial charge on any atom is 0.358 e. The molecule has 1 aromatic rings. The Hall–Kier alpha value is -1.36. The van der Waals surface area contributed by atoms with Gasteiger partial charge in [0.1, 0.15) is 6.61 Å². The molecule has 0 unspecified atom stereocenters. The molecular formula is C9H14N2O3. The Bertz CT molecular complexity index is 309. The van der Waals surface area contributed by atoms with Gasteiger partial charge in [-0.15, -0.1) is 0 Å². The van der Waals surface area contributed by atoms with E-state index < -0.39 is 5.97 Å². The highest BCUT2D eigenvalue weighted by Crippen LogP contribution is 1.99. The lowest BCUT2D eigenvalue weighted by Gasteiger charge is -2.08. The predicted octanol–water partition coefficient (Wildman–Crippen LogP) is 0.612. The highest BCUT2D eigenvalue weighted by atomic mass is 16.6. The number of aromatic nitrogens is 2. The van der Waals surface area contributed by atoms with E-state index in [9.17, 15) is 4.79 Å². The van der Waals surface area contributed by atoms with Gasteiger partial charge in [0.05, 0.1) is 6.10 Å². The summed E-state index contributed by atoms with van der Waals surface area (Å²) >= 11 is 0. The molecule has 0 N–H and O–H groups in total. The molecule has 0 saturated carbocycles. The molecule has 0 amide bonds. The van der Waals surface area contributed by atoms with Crippen molar-refractivity contribution in [3.05, 3.63) is 18.0 Å². The smallest absolute Gasteiger partial charge is 0.358 e. The van der Waals surface area contributed by atoms with Crippen LogP contribution in [0, 0.1) is 0 Å². The topological polar surface area (TPSA) is 53.4 Å². The molecule has 1 aromatic heterocycles. The molecule has 0 aliphatic heterocycles. The molecule has 0 saturated heterocycles. The molecule has 1 atom stereocenters. The number of carbonyl (C=O) groups is 1. The van der Waals surface area contributed by atoms with Crippen LogP contribution in [0.1, 0.15) is 17.4 Å². The second kappa shape index (κ2) is 4.76. The van der Waals surface area contributed by atoms with Gasteiger partial charge in [-0.25, -0.2) is 4.79 Å². The first-order valence-corrected chi connectivity index (χ1v) is 4.33. The van der Waals surface area contributed by atoms with Crippen LogP contribution in [0.15, 0.2) is 12.3 Å². The summed E-state index contributed by atoms with van der Waals surface area (Å²) < 4.78 is 11.4. The van der Waals surface area contributed by atoms with Crippen molar-refractivity contribution < 1.29 is 14.3 Å². The number of hydrogen-bond donors (Lipinski definition) is 0. The van der Waals surface area contributed by atoms with Crippen LogP contribution in [0.25, 0.3) is 0 Å². The van der Waals surface area contributed by atoms with Crippen LogP contribution in [0.2, 0.25) is 0 Å². The number of rotatable bonds is 4. The van der Waals surface area contributed by atoms with Gasteiger partial charge in [-0.1, -0.05) is 0 Å². The Balaban J connectivity index is 2.43. The van der Waals surface area contributed by atoms with Crippen LogP contribution in [0.3, 0.4) is 0 Å². The van der Waals surface area contributed by atoms with Crippen molar-refractivity contribution in [2.45, 2.75) is 13.0 Å². The minimum absolute atomic E-state index is 0.0948. The number of carbonyl (C=O) groups excluding carboxylic acids is 1.